The summed E-state index contributed by atoms with van der Waals surface area (Å²) in [7, 11) is 1.67. The molecule has 0 aliphatic carbocycles. The summed E-state index contributed by atoms with van der Waals surface area (Å²) in [5, 5.41) is 3.62. The average molecular weight is 560 g/mol. The summed E-state index contributed by atoms with van der Waals surface area (Å²) in [6, 6.07) is 21.3. The molecule has 0 saturated carbocycles. The number of aryl methyl sites for hydroxylation is 2. The second-order valence-corrected chi connectivity index (χ2v) is 10.1. The first kappa shape index (κ1) is 29.2. The van der Waals surface area contributed by atoms with Gasteiger partial charge in [0.1, 0.15) is 5.82 Å². The highest BCUT2D eigenvalue weighted by molar-refractivity contribution is 6.30. The van der Waals surface area contributed by atoms with E-state index >= 15 is 0 Å². The highest BCUT2D eigenvalue weighted by Gasteiger charge is 2.11. The van der Waals surface area contributed by atoms with Gasteiger partial charge in [-0.05, 0) is 86.7 Å². The molecule has 0 aliphatic rings. The summed E-state index contributed by atoms with van der Waals surface area (Å²) in [6.45, 7) is 4.18. The van der Waals surface area contributed by atoms with Crippen molar-refractivity contribution in [3.8, 4) is 11.5 Å². The first-order valence-electron chi connectivity index (χ1n) is 14.0. The van der Waals surface area contributed by atoms with E-state index in [1.165, 1.54) is 5.52 Å². The number of nitrogens with one attached hydrogen (secondary N) is 1. The van der Waals surface area contributed by atoms with E-state index in [1.807, 2.05) is 43.3 Å². The Bertz CT molecular complexity index is 1410. The number of para-hydroxylation sites is 2. The van der Waals surface area contributed by atoms with Crippen LogP contribution in [0.3, 0.4) is 0 Å². The van der Waals surface area contributed by atoms with Gasteiger partial charge < -0.3 is 19.4 Å². The molecule has 6 nitrogen and oxygen atoms in total. The molecule has 0 fully saturated rings. The van der Waals surface area contributed by atoms with Gasteiger partial charge >= 0.3 is 0 Å². The molecule has 1 aromatic heterocycles. The highest BCUT2D eigenvalue weighted by atomic mass is 35.5. The zero-order valence-electron chi connectivity index (χ0n) is 23.4. The van der Waals surface area contributed by atoms with Gasteiger partial charge in [-0.15, -0.1) is 0 Å². The number of benzene rings is 3. The van der Waals surface area contributed by atoms with Crippen molar-refractivity contribution in [1.82, 2.24) is 14.9 Å². The van der Waals surface area contributed by atoms with E-state index < -0.39 is 0 Å². The molecule has 1 heterocycles. The van der Waals surface area contributed by atoms with Crippen LogP contribution >= 0.6 is 11.6 Å². The lowest BCUT2D eigenvalue weighted by Crippen LogP contribution is -2.24. The quantitative estimate of drug-likeness (QED) is 0.151. The third-order valence-electron chi connectivity index (χ3n) is 6.78. The van der Waals surface area contributed by atoms with Gasteiger partial charge in [0.2, 0.25) is 0 Å². The van der Waals surface area contributed by atoms with Crippen molar-refractivity contribution < 1.29 is 14.3 Å². The number of ether oxygens (including phenoxy) is 2. The van der Waals surface area contributed by atoms with Crippen LogP contribution < -0.4 is 14.8 Å². The fourth-order valence-electron chi connectivity index (χ4n) is 4.71. The number of amides is 1. The molecule has 0 unspecified atom stereocenters. The second-order valence-electron chi connectivity index (χ2n) is 9.71. The molecule has 1 N–H and O–H groups in total. The Labute approximate surface area is 242 Å². The summed E-state index contributed by atoms with van der Waals surface area (Å²) in [5.41, 5.74) is 3.93. The van der Waals surface area contributed by atoms with Crippen molar-refractivity contribution in [3.63, 3.8) is 0 Å². The minimum atomic E-state index is -0.0634. The van der Waals surface area contributed by atoms with Crippen LogP contribution in [0.1, 0.15) is 60.8 Å². The van der Waals surface area contributed by atoms with Crippen molar-refractivity contribution in [2.24, 2.45) is 0 Å². The maximum Gasteiger partial charge on any atom is 0.251 e. The summed E-state index contributed by atoms with van der Waals surface area (Å²) in [6.07, 6.45) is 9.84. The van der Waals surface area contributed by atoms with E-state index in [-0.39, 0.29) is 5.91 Å². The van der Waals surface area contributed by atoms with Gasteiger partial charge in [0.25, 0.3) is 5.91 Å². The molecule has 0 bridgehead atoms. The third kappa shape index (κ3) is 8.12. The van der Waals surface area contributed by atoms with E-state index in [4.69, 9.17) is 26.1 Å². The number of halogens is 1. The zero-order valence-corrected chi connectivity index (χ0v) is 24.1. The van der Waals surface area contributed by atoms with Crippen LogP contribution in [-0.4, -0.2) is 35.7 Å². The Morgan fingerprint density at radius 3 is 2.60 bits per heavy atom. The Balaban J connectivity index is 1.23. The summed E-state index contributed by atoms with van der Waals surface area (Å²) in [5.74, 6) is 2.58. The Kier molecular flexibility index (Phi) is 11.1. The zero-order chi connectivity index (χ0) is 28.2. The summed E-state index contributed by atoms with van der Waals surface area (Å²) in [4.78, 5) is 17.2. The molecule has 0 spiro atoms. The molecule has 4 rings (SSSR count). The average Bonchev–Trinajstić information content (AvgIpc) is 3.32. The van der Waals surface area contributed by atoms with Crippen LogP contribution in [0.25, 0.3) is 17.1 Å². The van der Waals surface area contributed by atoms with E-state index in [0.29, 0.717) is 23.7 Å². The van der Waals surface area contributed by atoms with Crippen LogP contribution in [-0.2, 0) is 13.0 Å². The van der Waals surface area contributed by atoms with E-state index in [2.05, 4.69) is 28.1 Å². The first-order chi connectivity index (χ1) is 19.6. The van der Waals surface area contributed by atoms with Crippen LogP contribution in [0, 0.1) is 0 Å². The topological polar surface area (TPSA) is 65.4 Å². The molecule has 3 aromatic carbocycles. The molecule has 7 heteroatoms. The highest BCUT2D eigenvalue weighted by Crippen LogP contribution is 2.29. The molecule has 1 amide bonds. The van der Waals surface area contributed by atoms with Gasteiger partial charge in [-0.25, -0.2) is 4.98 Å². The van der Waals surface area contributed by atoms with E-state index in [1.54, 1.807) is 31.4 Å². The van der Waals surface area contributed by atoms with Gasteiger partial charge in [0.15, 0.2) is 11.5 Å². The van der Waals surface area contributed by atoms with Crippen LogP contribution in [0.2, 0.25) is 5.02 Å². The van der Waals surface area contributed by atoms with Gasteiger partial charge in [0, 0.05) is 30.1 Å². The molecule has 0 aliphatic heterocycles. The van der Waals surface area contributed by atoms with Gasteiger partial charge in [-0.1, -0.05) is 48.4 Å². The molecule has 0 radical (unpaired) electrons. The maximum atomic E-state index is 12.3. The summed E-state index contributed by atoms with van der Waals surface area (Å²) < 4.78 is 13.9. The number of fused-ring (bicyclic) bond motifs is 1. The molecule has 0 saturated heterocycles. The van der Waals surface area contributed by atoms with Gasteiger partial charge in [-0.3, -0.25) is 4.79 Å². The fraction of sp³-hybridized carbons (Fsp3) is 0.333. The minimum Gasteiger partial charge on any atom is -0.493 e. The number of unbranched alkanes of at least 4 members (excludes halogenated alkanes) is 3. The lowest BCUT2D eigenvalue weighted by atomic mass is 10.1. The molecule has 4 aromatic rings. The van der Waals surface area contributed by atoms with Gasteiger partial charge in [0.05, 0.1) is 24.8 Å². The van der Waals surface area contributed by atoms with Crippen LogP contribution in [0.4, 0.5) is 0 Å². The largest absolute Gasteiger partial charge is 0.493 e. The van der Waals surface area contributed by atoms with Crippen molar-refractivity contribution >= 4 is 34.6 Å². The number of carbonyl (C=O) groups is 1. The standard InChI is InChI=1S/C33H38ClN3O3/c1-3-11-25-15-20-30(31(24-25)39-2)40-23-10-9-22-37-29-13-7-6-12-28(29)36-32(37)14-5-4-8-21-35-33(38)26-16-18-27(34)19-17-26/h3,6-7,11-13,15-20,24H,4-5,8-10,14,21-23H2,1-2H3,(H,35,38)/b11-3+. The predicted molar refractivity (Wildman–Crippen MR) is 164 cm³/mol. The smallest absolute Gasteiger partial charge is 0.251 e. The van der Waals surface area contributed by atoms with Crippen molar-refractivity contribution in [3.05, 3.63) is 94.8 Å². The number of rotatable bonds is 15. The number of aromatic nitrogens is 2. The monoisotopic (exact) mass is 559 g/mol. The number of allylic oxidation sites excluding steroid dienone is 1. The SMILES string of the molecule is C/C=C/c1ccc(OCCCCn2c(CCCCCNC(=O)c3ccc(Cl)cc3)nc3ccccc32)c(OC)c1. The van der Waals surface area contributed by atoms with E-state index in [9.17, 15) is 4.79 Å². The Morgan fingerprint density at radius 2 is 1.80 bits per heavy atom. The minimum absolute atomic E-state index is 0.0634. The van der Waals surface area contributed by atoms with E-state index in [0.717, 1.165) is 73.5 Å². The summed E-state index contributed by atoms with van der Waals surface area (Å²) >= 11 is 5.90. The molecule has 0 atom stereocenters. The number of hydrogen-bond donors (Lipinski definition) is 1. The van der Waals surface area contributed by atoms with Crippen molar-refractivity contribution in [2.45, 2.75) is 52.0 Å². The number of nitrogens with zero attached hydrogens (tertiary/aromatic N) is 2. The van der Waals surface area contributed by atoms with Crippen molar-refractivity contribution in [1.29, 1.82) is 0 Å². The second kappa shape index (κ2) is 15.1. The Hall–Kier alpha value is -3.77. The maximum absolute atomic E-state index is 12.3. The number of hydrogen-bond acceptors (Lipinski definition) is 4. The first-order valence-corrected chi connectivity index (χ1v) is 14.4. The van der Waals surface area contributed by atoms with Gasteiger partial charge in [-0.2, -0.15) is 0 Å². The number of methoxy groups -OCH3 is 1. The predicted octanol–water partition coefficient (Wildman–Crippen LogP) is 7.73. The molecule has 40 heavy (non-hydrogen) atoms. The lowest BCUT2D eigenvalue weighted by molar-refractivity contribution is 0.0953. The molecular formula is C33H38ClN3O3. The molecular weight excluding hydrogens is 522 g/mol. The normalized spacial score (nSPS) is 11.3. The fourth-order valence-corrected chi connectivity index (χ4v) is 4.84. The van der Waals surface area contributed by atoms with Crippen molar-refractivity contribution in [2.75, 3.05) is 20.3 Å². The third-order valence-corrected chi connectivity index (χ3v) is 7.04. The number of carbonyl (C=O) groups excluding carboxylic acids is 1. The molecule has 210 valence electrons. The number of imidazole rings is 1. The van der Waals surface area contributed by atoms with Crippen LogP contribution in [0.15, 0.2) is 72.8 Å². The Morgan fingerprint density at radius 1 is 0.975 bits per heavy atom. The lowest BCUT2D eigenvalue weighted by Gasteiger charge is -2.12. The van der Waals surface area contributed by atoms with Crippen LogP contribution in [0.5, 0.6) is 11.5 Å².